The van der Waals surface area contributed by atoms with Crippen molar-refractivity contribution in [3.8, 4) is 16.8 Å². The van der Waals surface area contributed by atoms with Gasteiger partial charge in [-0.25, -0.2) is 4.79 Å². The van der Waals surface area contributed by atoms with Gasteiger partial charge in [0, 0.05) is 44.0 Å². The number of aromatic nitrogens is 6. The zero-order valence-electron chi connectivity index (χ0n) is 18.8. The third kappa shape index (κ3) is 2.98. The molecule has 0 amide bonds. The third-order valence-electron chi connectivity index (χ3n) is 5.90. The fourth-order valence-electron chi connectivity index (χ4n) is 4.27. The summed E-state index contributed by atoms with van der Waals surface area (Å²) in [6.45, 7) is 6.80. The first-order valence-corrected chi connectivity index (χ1v) is 10.6. The Morgan fingerprint density at radius 1 is 1.00 bits per heavy atom. The van der Waals surface area contributed by atoms with Crippen LogP contribution in [0.15, 0.2) is 47.7 Å². The third-order valence-corrected chi connectivity index (χ3v) is 5.90. The van der Waals surface area contributed by atoms with E-state index in [0.29, 0.717) is 0 Å². The number of imidazole rings is 1. The lowest BCUT2D eigenvalue weighted by Gasteiger charge is -2.11. The molecule has 4 aromatic heterocycles. The van der Waals surface area contributed by atoms with Gasteiger partial charge in [0.2, 0.25) is 0 Å². The highest BCUT2D eigenvalue weighted by molar-refractivity contribution is 6.04. The van der Waals surface area contributed by atoms with Gasteiger partial charge in [-0.2, -0.15) is 5.10 Å². The topological polar surface area (TPSA) is 82.6 Å². The molecule has 0 unspecified atom stereocenters. The average Bonchev–Trinajstić information content (AvgIpc) is 3.24. The Morgan fingerprint density at radius 3 is 2.53 bits per heavy atom. The van der Waals surface area contributed by atoms with Crippen molar-refractivity contribution < 1.29 is 0 Å². The van der Waals surface area contributed by atoms with Gasteiger partial charge in [0.25, 0.3) is 0 Å². The van der Waals surface area contributed by atoms with Crippen molar-refractivity contribution in [3.63, 3.8) is 0 Å². The monoisotopic (exact) mass is 427 g/mol. The van der Waals surface area contributed by atoms with E-state index in [1.165, 1.54) is 0 Å². The number of nitrogens with one attached hydrogen (secondary N) is 1. The summed E-state index contributed by atoms with van der Waals surface area (Å²) in [5.74, 6) is 0. The molecule has 4 heterocycles. The lowest BCUT2D eigenvalue weighted by molar-refractivity contribution is 0.756. The van der Waals surface area contributed by atoms with Crippen LogP contribution in [0.1, 0.15) is 18.3 Å². The molecule has 0 radical (unpaired) electrons. The van der Waals surface area contributed by atoms with Crippen LogP contribution in [-0.2, 0) is 14.1 Å². The van der Waals surface area contributed by atoms with Crippen LogP contribution in [0.5, 0.6) is 0 Å². The van der Waals surface area contributed by atoms with Crippen LogP contribution in [0.25, 0.3) is 38.8 Å². The molecule has 0 aliphatic carbocycles. The van der Waals surface area contributed by atoms with Crippen LogP contribution in [0.3, 0.4) is 0 Å². The van der Waals surface area contributed by atoms with Crippen molar-refractivity contribution in [1.29, 1.82) is 0 Å². The van der Waals surface area contributed by atoms with Gasteiger partial charge in [-0.3, -0.25) is 23.8 Å². The van der Waals surface area contributed by atoms with E-state index in [2.05, 4.69) is 39.4 Å². The summed E-state index contributed by atoms with van der Waals surface area (Å²) in [5.41, 5.74) is 7.88. The molecule has 0 aliphatic heterocycles. The van der Waals surface area contributed by atoms with Gasteiger partial charge in [0.05, 0.1) is 45.5 Å². The van der Waals surface area contributed by atoms with Crippen molar-refractivity contribution in [3.05, 3.63) is 64.7 Å². The van der Waals surface area contributed by atoms with Gasteiger partial charge in [0.15, 0.2) is 0 Å². The fourth-order valence-corrected chi connectivity index (χ4v) is 4.27. The maximum atomic E-state index is 13.2. The molecular weight excluding hydrogens is 402 g/mol. The maximum absolute atomic E-state index is 13.2. The van der Waals surface area contributed by atoms with Crippen molar-refractivity contribution >= 4 is 27.6 Å². The summed E-state index contributed by atoms with van der Waals surface area (Å²) in [5, 5.41) is 8.72. The molecule has 1 N–H and O–H groups in total. The summed E-state index contributed by atoms with van der Waals surface area (Å²) in [6, 6.07) is 8.25. The summed E-state index contributed by atoms with van der Waals surface area (Å²) in [4.78, 5) is 22.4. The Kier molecular flexibility index (Phi) is 4.58. The predicted molar refractivity (Wildman–Crippen MR) is 127 cm³/mol. The number of nitrogens with zero attached hydrogens (tertiary/aromatic N) is 6. The van der Waals surface area contributed by atoms with Crippen LogP contribution >= 0.6 is 0 Å². The maximum Gasteiger partial charge on any atom is 0.333 e. The highest BCUT2D eigenvalue weighted by atomic mass is 16.1. The molecule has 8 heteroatoms. The average molecular weight is 428 g/mol. The van der Waals surface area contributed by atoms with Crippen molar-refractivity contribution in [1.82, 2.24) is 28.9 Å². The molecule has 0 saturated carbocycles. The van der Waals surface area contributed by atoms with Gasteiger partial charge in [-0.05, 0) is 44.5 Å². The van der Waals surface area contributed by atoms with Crippen LogP contribution < -0.4 is 11.0 Å². The molecule has 0 fully saturated rings. The molecule has 5 rings (SSSR count). The number of rotatable bonds is 4. The number of fused-ring (bicyclic) bond motifs is 3. The molecule has 0 spiro atoms. The minimum Gasteiger partial charge on any atom is -0.384 e. The standard InChI is InChI=1S/C24H25N7O/c1-6-25-20-10-17(11-26-14(20)2)16-7-8-19-18(9-16)23-21(12-27-19)30(5)24(32)31(23)22-13-29(4)28-15(22)3/h7-13,25H,6H2,1-5H3. The van der Waals surface area contributed by atoms with Crippen LogP contribution in [0.2, 0.25) is 0 Å². The van der Waals surface area contributed by atoms with E-state index >= 15 is 0 Å². The van der Waals surface area contributed by atoms with E-state index in [1.807, 2.05) is 45.4 Å². The van der Waals surface area contributed by atoms with E-state index in [-0.39, 0.29) is 5.69 Å². The van der Waals surface area contributed by atoms with E-state index in [9.17, 15) is 4.79 Å². The zero-order valence-corrected chi connectivity index (χ0v) is 18.8. The first-order valence-electron chi connectivity index (χ1n) is 10.6. The summed E-state index contributed by atoms with van der Waals surface area (Å²) < 4.78 is 5.10. The number of benzene rings is 1. The zero-order chi connectivity index (χ0) is 22.6. The molecule has 0 aliphatic rings. The number of pyridine rings is 2. The van der Waals surface area contributed by atoms with E-state index in [1.54, 1.807) is 27.1 Å². The van der Waals surface area contributed by atoms with Gasteiger partial charge >= 0.3 is 5.69 Å². The molecule has 5 aromatic rings. The number of hydrogen-bond acceptors (Lipinski definition) is 5. The van der Waals surface area contributed by atoms with Crippen molar-refractivity contribution in [2.24, 2.45) is 14.1 Å². The molecule has 0 saturated heterocycles. The van der Waals surface area contributed by atoms with Crippen molar-refractivity contribution in [2.75, 3.05) is 11.9 Å². The minimum absolute atomic E-state index is 0.123. The van der Waals surface area contributed by atoms with Gasteiger partial charge in [-0.15, -0.1) is 0 Å². The fraction of sp³-hybridized carbons (Fsp3) is 0.250. The van der Waals surface area contributed by atoms with Crippen LogP contribution in [0.4, 0.5) is 5.69 Å². The SMILES string of the molecule is CCNc1cc(-c2ccc3ncc4c(c3c2)n(-c2cn(C)nc2C)c(=O)n4C)cnc1C. The molecule has 8 nitrogen and oxygen atoms in total. The Labute approximate surface area is 185 Å². The molecule has 0 atom stereocenters. The second-order valence-corrected chi connectivity index (χ2v) is 8.06. The second-order valence-electron chi connectivity index (χ2n) is 8.06. The molecular formula is C24H25N7O. The first kappa shape index (κ1) is 20.0. The highest BCUT2D eigenvalue weighted by Gasteiger charge is 2.19. The number of hydrogen-bond donors (Lipinski definition) is 1. The molecule has 0 bridgehead atoms. The Hall–Kier alpha value is -3.94. The molecule has 32 heavy (non-hydrogen) atoms. The smallest absolute Gasteiger partial charge is 0.333 e. The lowest BCUT2D eigenvalue weighted by Crippen LogP contribution is -2.21. The predicted octanol–water partition coefficient (Wildman–Crippen LogP) is 3.72. The summed E-state index contributed by atoms with van der Waals surface area (Å²) in [7, 11) is 3.63. The lowest BCUT2D eigenvalue weighted by atomic mass is 10.0. The minimum atomic E-state index is -0.123. The Morgan fingerprint density at radius 2 is 1.81 bits per heavy atom. The van der Waals surface area contributed by atoms with Crippen LogP contribution in [-0.4, -0.2) is 35.4 Å². The molecule has 162 valence electrons. The highest BCUT2D eigenvalue weighted by Crippen LogP contribution is 2.31. The first-order chi connectivity index (χ1) is 15.4. The van der Waals surface area contributed by atoms with Gasteiger partial charge in [-0.1, -0.05) is 6.07 Å². The van der Waals surface area contributed by atoms with Gasteiger partial charge < -0.3 is 5.32 Å². The quantitative estimate of drug-likeness (QED) is 0.473. The van der Waals surface area contributed by atoms with E-state index in [0.717, 1.165) is 62.4 Å². The Balaban J connectivity index is 1.82. The number of anilines is 1. The second kappa shape index (κ2) is 7.33. The van der Waals surface area contributed by atoms with E-state index < -0.39 is 0 Å². The summed E-state index contributed by atoms with van der Waals surface area (Å²) >= 11 is 0. The van der Waals surface area contributed by atoms with Gasteiger partial charge in [0.1, 0.15) is 0 Å². The summed E-state index contributed by atoms with van der Waals surface area (Å²) in [6.07, 6.45) is 5.52. The van der Waals surface area contributed by atoms with Crippen LogP contribution in [0, 0.1) is 13.8 Å². The molecule has 1 aromatic carbocycles. The Bertz CT molecular complexity index is 1550. The normalized spacial score (nSPS) is 11.5. The number of aryl methyl sites for hydroxylation is 4. The van der Waals surface area contributed by atoms with E-state index in [4.69, 9.17) is 0 Å². The van der Waals surface area contributed by atoms with Crippen molar-refractivity contribution in [2.45, 2.75) is 20.8 Å². The largest absolute Gasteiger partial charge is 0.384 e.